The molecule has 0 radical (unpaired) electrons. The topological polar surface area (TPSA) is 87.1 Å². The van der Waals surface area contributed by atoms with Crippen LogP contribution in [0.1, 0.15) is 16.2 Å². The molecule has 168 valence electrons. The van der Waals surface area contributed by atoms with Gasteiger partial charge in [-0.3, -0.25) is 4.79 Å². The van der Waals surface area contributed by atoms with Gasteiger partial charge in [0.2, 0.25) is 0 Å². The molecule has 8 nitrogen and oxygen atoms in total. The van der Waals surface area contributed by atoms with E-state index in [0.717, 1.165) is 58.5 Å². The number of hydrogen-bond acceptors (Lipinski definition) is 9. The van der Waals surface area contributed by atoms with E-state index >= 15 is 0 Å². The molecule has 0 amide bonds. The predicted octanol–water partition coefficient (Wildman–Crippen LogP) is 3.37. The molecule has 1 aliphatic heterocycles. The maximum atomic E-state index is 13.0. The van der Waals surface area contributed by atoms with Gasteiger partial charge >= 0.3 is 0 Å². The molecule has 0 bridgehead atoms. The first-order chi connectivity index (χ1) is 16.1. The first kappa shape index (κ1) is 21.4. The molecule has 33 heavy (non-hydrogen) atoms. The van der Waals surface area contributed by atoms with Gasteiger partial charge in [-0.1, -0.05) is 23.5 Å². The van der Waals surface area contributed by atoms with Gasteiger partial charge in [-0.15, -0.1) is 0 Å². The van der Waals surface area contributed by atoms with E-state index in [1.54, 1.807) is 29.8 Å². The summed E-state index contributed by atoms with van der Waals surface area (Å²) in [5, 5.41) is 4.87. The Kier molecular flexibility index (Phi) is 5.97. The molecule has 5 rings (SSSR count). The number of benzene rings is 1. The average molecular weight is 460 g/mol. The minimum absolute atomic E-state index is 0.00981. The third-order valence-electron chi connectivity index (χ3n) is 5.85. The van der Waals surface area contributed by atoms with Gasteiger partial charge < -0.3 is 15.1 Å². The first-order valence-corrected chi connectivity index (χ1v) is 11.7. The number of ketones is 1. The summed E-state index contributed by atoms with van der Waals surface area (Å²) in [5.74, 6) is 1.36. The highest BCUT2D eigenvalue weighted by Gasteiger charge is 2.17. The fraction of sp³-hybridized carbons (Fsp3) is 0.292. The van der Waals surface area contributed by atoms with Crippen LogP contribution in [-0.4, -0.2) is 70.9 Å². The highest BCUT2D eigenvalue weighted by Crippen LogP contribution is 2.30. The second-order valence-electron chi connectivity index (χ2n) is 8.13. The number of likely N-dealkylation sites (N-methyl/N-ethyl adjacent to an activating group) is 1. The van der Waals surface area contributed by atoms with E-state index in [4.69, 9.17) is 0 Å². The van der Waals surface area contributed by atoms with Crippen LogP contribution in [0, 0.1) is 0 Å². The van der Waals surface area contributed by atoms with E-state index in [9.17, 15) is 4.79 Å². The van der Waals surface area contributed by atoms with Gasteiger partial charge in [0, 0.05) is 62.8 Å². The number of fused-ring (bicyclic) bond motifs is 1. The monoisotopic (exact) mass is 459 g/mol. The van der Waals surface area contributed by atoms with E-state index in [1.807, 2.05) is 37.5 Å². The van der Waals surface area contributed by atoms with Gasteiger partial charge in [-0.2, -0.15) is 0 Å². The number of Topliss-reactive ketones (excluding diaryl/α,β-unsaturated/α-hetero) is 1. The summed E-state index contributed by atoms with van der Waals surface area (Å²) >= 11 is 1.59. The van der Waals surface area contributed by atoms with Crippen molar-refractivity contribution in [2.75, 3.05) is 50.5 Å². The lowest BCUT2D eigenvalue weighted by Crippen LogP contribution is -2.44. The number of carbonyl (C=O) groups is 1. The highest BCUT2D eigenvalue weighted by atomic mass is 32.1. The number of pyridine rings is 1. The van der Waals surface area contributed by atoms with Crippen molar-refractivity contribution in [2.45, 2.75) is 6.42 Å². The standard InChI is InChI=1S/C24H25N7OS/c1-25-24-28-15-21(33-24)17-3-4-18-14-27-22(29-19(18)11-17)13-20(32)16-5-6-26-23(12-16)31-9-7-30(2)8-10-31/h3-6,11-12,14-15H,7-10,13H2,1-2H3,(H,25,28). The number of nitrogens with one attached hydrogen (secondary N) is 1. The van der Waals surface area contributed by atoms with Crippen molar-refractivity contribution in [3.8, 4) is 10.4 Å². The highest BCUT2D eigenvalue weighted by molar-refractivity contribution is 7.18. The Labute approximate surface area is 196 Å². The number of anilines is 2. The third kappa shape index (κ3) is 4.69. The molecule has 0 atom stereocenters. The number of piperazine rings is 1. The molecular weight excluding hydrogens is 434 g/mol. The molecular formula is C24H25N7OS. The summed E-state index contributed by atoms with van der Waals surface area (Å²) in [5.41, 5.74) is 2.50. The zero-order valence-electron chi connectivity index (χ0n) is 18.7. The molecule has 9 heteroatoms. The van der Waals surface area contributed by atoms with Crippen LogP contribution in [0.5, 0.6) is 0 Å². The molecule has 4 aromatic rings. The largest absolute Gasteiger partial charge is 0.365 e. The van der Waals surface area contributed by atoms with Crippen molar-refractivity contribution < 1.29 is 4.79 Å². The van der Waals surface area contributed by atoms with Crippen LogP contribution in [0.3, 0.4) is 0 Å². The maximum absolute atomic E-state index is 13.0. The van der Waals surface area contributed by atoms with Gasteiger partial charge in [0.1, 0.15) is 11.6 Å². The van der Waals surface area contributed by atoms with Crippen LogP contribution in [-0.2, 0) is 6.42 Å². The predicted molar refractivity (Wildman–Crippen MR) is 132 cm³/mol. The molecule has 4 heterocycles. The first-order valence-electron chi connectivity index (χ1n) is 10.9. The lowest BCUT2D eigenvalue weighted by molar-refractivity contribution is 0.0991. The third-order valence-corrected chi connectivity index (χ3v) is 6.91. The van der Waals surface area contributed by atoms with E-state index < -0.39 is 0 Å². The summed E-state index contributed by atoms with van der Waals surface area (Å²) in [4.78, 5) is 36.5. The minimum atomic E-state index is -0.00981. The summed E-state index contributed by atoms with van der Waals surface area (Å²) < 4.78 is 0. The van der Waals surface area contributed by atoms with Crippen molar-refractivity contribution in [1.82, 2.24) is 24.8 Å². The molecule has 1 aliphatic rings. The second-order valence-corrected chi connectivity index (χ2v) is 9.16. The number of rotatable bonds is 6. The maximum Gasteiger partial charge on any atom is 0.182 e. The Bertz CT molecular complexity index is 1300. The van der Waals surface area contributed by atoms with E-state index in [-0.39, 0.29) is 12.2 Å². The van der Waals surface area contributed by atoms with Crippen LogP contribution in [0.2, 0.25) is 0 Å². The quantitative estimate of drug-likeness (QED) is 0.439. The fourth-order valence-electron chi connectivity index (χ4n) is 3.87. The second kappa shape index (κ2) is 9.21. The molecule has 1 aromatic carbocycles. The Morgan fingerprint density at radius 3 is 2.70 bits per heavy atom. The zero-order valence-corrected chi connectivity index (χ0v) is 19.5. The number of hydrogen-bond donors (Lipinski definition) is 1. The van der Waals surface area contributed by atoms with E-state index in [2.05, 4.69) is 42.1 Å². The van der Waals surface area contributed by atoms with Crippen LogP contribution in [0.15, 0.2) is 48.9 Å². The van der Waals surface area contributed by atoms with Crippen LogP contribution in [0.25, 0.3) is 21.3 Å². The molecule has 0 saturated carbocycles. The molecule has 1 saturated heterocycles. The smallest absolute Gasteiger partial charge is 0.182 e. The average Bonchev–Trinajstić information content (AvgIpc) is 3.34. The Morgan fingerprint density at radius 2 is 1.91 bits per heavy atom. The lowest BCUT2D eigenvalue weighted by atomic mass is 10.1. The Balaban J connectivity index is 1.35. The van der Waals surface area contributed by atoms with Crippen LogP contribution < -0.4 is 10.2 Å². The van der Waals surface area contributed by atoms with E-state index in [0.29, 0.717) is 11.4 Å². The summed E-state index contributed by atoms with van der Waals surface area (Å²) in [6.07, 6.45) is 5.49. The van der Waals surface area contributed by atoms with Crippen molar-refractivity contribution in [1.29, 1.82) is 0 Å². The molecule has 0 spiro atoms. The Morgan fingerprint density at radius 1 is 1.06 bits per heavy atom. The SMILES string of the molecule is CNc1ncc(-c2ccc3cnc(CC(=O)c4ccnc(N5CCN(C)CC5)c4)nc3c2)s1. The zero-order chi connectivity index (χ0) is 22.8. The lowest BCUT2D eigenvalue weighted by Gasteiger charge is -2.33. The van der Waals surface area contributed by atoms with Gasteiger partial charge in [0.15, 0.2) is 10.9 Å². The van der Waals surface area contributed by atoms with Gasteiger partial charge in [-0.05, 0) is 30.8 Å². The van der Waals surface area contributed by atoms with Crippen molar-refractivity contribution in [3.63, 3.8) is 0 Å². The Hall–Kier alpha value is -3.43. The molecule has 1 fully saturated rings. The van der Waals surface area contributed by atoms with Crippen molar-refractivity contribution in [2.24, 2.45) is 0 Å². The number of carbonyl (C=O) groups excluding carboxylic acids is 1. The normalized spacial score (nSPS) is 14.5. The fourth-order valence-corrected chi connectivity index (χ4v) is 4.64. The van der Waals surface area contributed by atoms with E-state index in [1.165, 1.54) is 0 Å². The van der Waals surface area contributed by atoms with Crippen LogP contribution >= 0.6 is 11.3 Å². The molecule has 0 unspecified atom stereocenters. The minimum Gasteiger partial charge on any atom is -0.365 e. The van der Waals surface area contributed by atoms with Crippen molar-refractivity contribution in [3.05, 3.63) is 60.3 Å². The molecule has 1 N–H and O–H groups in total. The summed E-state index contributed by atoms with van der Waals surface area (Å²) in [6, 6.07) is 9.72. The molecule has 0 aliphatic carbocycles. The van der Waals surface area contributed by atoms with Crippen molar-refractivity contribution >= 4 is 39.0 Å². The summed E-state index contributed by atoms with van der Waals surface area (Å²) in [7, 11) is 3.98. The number of nitrogens with zero attached hydrogens (tertiary/aromatic N) is 6. The number of aromatic nitrogens is 4. The summed E-state index contributed by atoms with van der Waals surface area (Å²) in [6.45, 7) is 3.80. The van der Waals surface area contributed by atoms with Gasteiger partial charge in [0.05, 0.1) is 16.8 Å². The number of thiazole rings is 1. The van der Waals surface area contributed by atoms with Crippen LogP contribution in [0.4, 0.5) is 10.9 Å². The van der Waals surface area contributed by atoms with Gasteiger partial charge in [0.25, 0.3) is 0 Å². The van der Waals surface area contributed by atoms with Gasteiger partial charge in [-0.25, -0.2) is 19.9 Å². The molecule has 3 aromatic heterocycles.